The Balaban J connectivity index is 2.25. The van der Waals surface area contributed by atoms with E-state index in [4.69, 9.17) is 5.26 Å². The van der Waals surface area contributed by atoms with Crippen molar-refractivity contribution in [2.75, 3.05) is 4.72 Å². The van der Waals surface area contributed by atoms with Crippen LogP contribution in [0.15, 0.2) is 53.4 Å². The number of carbonyl (C=O) groups excluding carboxylic acids is 1. The Hall–Kier alpha value is -2.65. The monoisotopic (exact) mass is 286 g/mol. The first-order valence-electron chi connectivity index (χ1n) is 5.63. The first-order valence-corrected chi connectivity index (χ1v) is 7.12. The zero-order valence-electron chi connectivity index (χ0n) is 10.3. The molecular formula is C14H10N2O3S. The van der Waals surface area contributed by atoms with Crippen molar-refractivity contribution in [1.29, 1.82) is 5.26 Å². The Morgan fingerprint density at radius 3 is 2.10 bits per heavy atom. The van der Waals surface area contributed by atoms with Gasteiger partial charge in [-0.25, -0.2) is 8.42 Å². The number of nitrogens with zero attached hydrogens (tertiary/aromatic N) is 1. The van der Waals surface area contributed by atoms with Crippen LogP contribution in [0.25, 0.3) is 0 Å². The van der Waals surface area contributed by atoms with E-state index < -0.39 is 10.0 Å². The number of anilines is 1. The van der Waals surface area contributed by atoms with E-state index in [9.17, 15) is 13.2 Å². The Kier molecular flexibility index (Phi) is 3.82. The number of carbonyl (C=O) groups is 1. The molecule has 0 aromatic heterocycles. The molecule has 0 aliphatic carbocycles. The number of benzene rings is 2. The molecule has 0 heterocycles. The summed E-state index contributed by atoms with van der Waals surface area (Å²) in [6, 6.07) is 13.6. The molecule has 0 saturated carbocycles. The summed E-state index contributed by atoms with van der Waals surface area (Å²) in [6.45, 7) is 0. The minimum atomic E-state index is -3.71. The highest BCUT2D eigenvalue weighted by Gasteiger charge is 2.13. The third-order valence-electron chi connectivity index (χ3n) is 2.59. The molecule has 0 saturated heterocycles. The molecule has 20 heavy (non-hydrogen) atoms. The average Bonchev–Trinajstić information content (AvgIpc) is 2.48. The van der Waals surface area contributed by atoms with Crippen molar-refractivity contribution in [3.63, 3.8) is 0 Å². The van der Waals surface area contributed by atoms with Crippen molar-refractivity contribution in [3.05, 3.63) is 59.7 Å². The smallest absolute Gasteiger partial charge is 0.261 e. The lowest BCUT2D eigenvalue weighted by Crippen LogP contribution is -2.12. The summed E-state index contributed by atoms with van der Waals surface area (Å²) >= 11 is 0. The summed E-state index contributed by atoms with van der Waals surface area (Å²) in [5.41, 5.74) is 1.21. The van der Waals surface area contributed by atoms with Crippen LogP contribution in [0.5, 0.6) is 0 Å². The highest BCUT2D eigenvalue weighted by molar-refractivity contribution is 7.92. The van der Waals surface area contributed by atoms with Crippen LogP contribution in [0.4, 0.5) is 5.69 Å². The number of hydrogen-bond donors (Lipinski definition) is 1. The second kappa shape index (κ2) is 5.55. The van der Waals surface area contributed by atoms with Crippen molar-refractivity contribution < 1.29 is 13.2 Å². The van der Waals surface area contributed by atoms with Crippen LogP contribution in [-0.2, 0) is 10.0 Å². The number of aldehydes is 1. The molecule has 2 rings (SSSR count). The quantitative estimate of drug-likeness (QED) is 0.872. The molecule has 0 amide bonds. The van der Waals surface area contributed by atoms with E-state index in [0.29, 0.717) is 23.1 Å². The maximum atomic E-state index is 12.1. The minimum absolute atomic E-state index is 0.0657. The summed E-state index contributed by atoms with van der Waals surface area (Å²) in [5, 5.41) is 8.67. The van der Waals surface area contributed by atoms with Crippen LogP contribution >= 0.6 is 0 Å². The maximum Gasteiger partial charge on any atom is 0.261 e. The highest BCUT2D eigenvalue weighted by Crippen LogP contribution is 2.16. The van der Waals surface area contributed by atoms with Crippen LogP contribution in [-0.4, -0.2) is 14.7 Å². The topological polar surface area (TPSA) is 87.0 Å². The standard InChI is InChI=1S/C14H10N2O3S/c15-9-11-3-7-14(8-4-11)20(18,19)16-13-5-1-12(10-17)2-6-13/h1-8,10,16H. The highest BCUT2D eigenvalue weighted by atomic mass is 32.2. The summed E-state index contributed by atoms with van der Waals surface area (Å²) in [4.78, 5) is 10.6. The molecule has 0 spiro atoms. The van der Waals surface area contributed by atoms with Crippen LogP contribution in [0, 0.1) is 11.3 Å². The van der Waals surface area contributed by atoms with Crippen molar-refractivity contribution in [2.24, 2.45) is 0 Å². The van der Waals surface area contributed by atoms with Gasteiger partial charge >= 0.3 is 0 Å². The lowest BCUT2D eigenvalue weighted by Gasteiger charge is -2.08. The van der Waals surface area contributed by atoms with Crippen molar-refractivity contribution in [1.82, 2.24) is 0 Å². The fourth-order valence-electron chi connectivity index (χ4n) is 1.55. The maximum absolute atomic E-state index is 12.1. The molecule has 5 nitrogen and oxygen atoms in total. The van der Waals surface area contributed by atoms with Crippen LogP contribution < -0.4 is 4.72 Å². The van der Waals surface area contributed by atoms with E-state index in [1.807, 2.05) is 6.07 Å². The second-order valence-electron chi connectivity index (χ2n) is 3.98. The summed E-state index contributed by atoms with van der Waals surface area (Å²) in [6.07, 6.45) is 0.679. The molecule has 0 fully saturated rings. The number of rotatable bonds is 4. The number of nitrogens with one attached hydrogen (secondary N) is 1. The third kappa shape index (κ3) is 3.02. The van der Waals surface area contributed by atoms with Gasteiger partial charge in [0.1, 0.15) is 6.29 Å². The number of nitriles is 1. The second-order valence-corrected chi connectivity index (χ2v) is 5.66. The average molecular weight is 286 g/mol. The van der Waals surface area contributed by atoms with Gasteiger partial charge in [-0.15, -0.1) is 0 Å². The van der Waals surface area contributed by atoms with Crippen LogP contribution in [0.3, 0.4) is 0 Å². The molecule has 6 heteroatoms. The molecule has 0 radical (unpaired) electrons. The van der Waals surface area contributed by atoms with Gasteiger partial charge in [0, 0.05) is 11.3 Å². The number of hydrogen-bond acceptors (Lipinski definition) is 4. The Morgan fingerprint density at radius 1 is 1.00 bits per heavy atom. The van der Waals surface area contributed by atoms with Gasteiger partial charge in [-0.05, 0) is 48.5 Å². The van der Waals surface area contributed by atoms with Gasteiger partial charge in [0.2, 0.25) is 0 Å². The fraction of sp³-hybridized carbons (Fsp3) is 0. The van der Waals surface area contributed by atoms with Crippen LogP contribution in [0.1, 0.15) is 15.9 Å². The zero-order chi connectivity index (χ0) is 14.6. The number of sulfonamides is 1. The molecule has 1 N–H and O–H groups in total. The molecule has 0 aliphatic heterocycles. The summed E-state index contributed by atoms with van der Waals surface area (Å²) < 4.78 is 26.6. The van der Waals surface area contributed by atoms with E-state index in [-0.39, 0.29) is 4.90 Å². The molecule has 100 valence electrons. The molecule has 2 aromatic carbocycles. The summed E-state index contributed by atoms with van der Waals surface area (Å²) in [7, 11) is -3.71. The molecule has 0 atom stereocenters. The SMILES string of the molecule is N#Cc1ccc(S(=O)(=O)Nc2ccc(C=O)cc2)cc1. The van der Waals surface area contributed by atoms with Crippen molar-refractivity contribution in [2.45, 2.75) is 4.90 Å². The minimum Gasteiger partial charge on any atom is -0.298 e. The molecule has 0 unspecified atom stereocenters. The lowest BCUT2D eigenvalue weighted by atomic mass is 10.2. The van der Waals surface area contributed by atoms with E-state index in [1.165, 1.54) is 48.5 Å². The van der Waals surface area contributed by atoms with Gasteiger partial charge < -0.3 is 0 Å². The van der Waals surface area contributed by atoms with E-state index in [0.717, 1.165) is 0 Å². The van der Waals surface area contributed by atoms with Gasteiger partial charge in [-0.3, -0.25) is 9.52 Å². The first kappa shape index (κ1) is 13.8. The van der Waals surface area contributed by atoms with Gasteiger partial charge in [-0.2, -0.15) is 5.26 Å². The van der Waals surface area contributed by atoms with E-state index in [1.54, 1.807) is 0 Å². The third-order valence-corrected chi connectivity index (χ3v) is 3.99. The Morgan fingerprint density at radius 2 is 1.60 bits per heavy atom. The Labute approximate surface area is 116 Å². The molecule has 0 bridgehead atoms. The van der Waals surface area contributed by atoms with Gasteiger partial charge in [0.25, 0.3) is 10.0 Å². The van der Waals surface area contributed by atoms with Crippen molar-refractivity contribution >= 4 is 22.0 Å². The summed E-state index contributed by atoms with van der Waals surface area (Å²) in [5.74, 6) is 0. The largest absolute Gasteiger partial charge is 0.298 e. The molecule has 2 aromatic rings. The normalized spacial score (nSPS) is 10.6. The zero-order valence-corrected chi connectivity index (χ0v) is 11.1. The predicted molar refractivity (Wildman–Crippen MR) is 73.8 cm³/mol. The molecule has 0 aliphatic rings. The van der Waals surface area contributed by atoms with E-state index in [2.05, 4.69) is 4.72 Å². The van der Waals surface area contributed by atoms with Crippen LogP contribution in [0.2, 0.25) is 0 Å². The first-order chi connectivity index (χ1) is 9.55. The van der Waals surface area contributed by atoms with E-state index >= 15 is 0 Å². The van der Waals surface area contributed by atoms with Gasteiger partial charge in [0.05, 0.1) is 16.5 Å². The van der Waals surface area contributed by atoms with Gasteiger partial charge in [0.15, 0.2) is 0 Å². The Bertz CT molecular complexity index is 758. The predicted octanol–water partition coefficient (Wildman–Crippen LogP) is 2.17. The molecular weight excluding hydrogens is 276 g/mol. The van der Waals surface area contributed by atoms with Crippen molar-refractivity contribution in [3.8, 4) is 6.07 Å². The lowest BCUT2D eigenvalue weighted by molar-refractivity contribution is 0.112. The fourth-order valence-corrected chi connectivity index (χ4v) is 2.61. The van der Waals surface area contributed by atoms with Gasteiger partial charge in [-0.1, -0.05) is 0 Å².